The molecule has 0 amide bonds. The molecule has 0 radical (unpaired) electrons. The number of oxazole rings is 1. The fourth-order valence-corrected chi connectivity index (χ4v) is 1.21. The maximum Gasteiger partial charge on any atom is 0.197 e. The van der Waals surface area contributed by atoms with Crippen LogP contribution in [-0.4, -0.2) is 4.98 Å². The Morgan fingerprint density at radius 3 is 1.92 bits per heavy atom. The van der Waals surface area contributed by atoms with Crippen molar-refractivity contribution in [1.82, 2.24) is 4.98 Å². The third-order valence-corrected chi connectivity index (χ3v) is 1.87. The van der Waals surface area contributed by atoms with E-state index in [0.717, 1.165) is 17.3 Å². The van der Waals surface area contributed by atoms with Crippen LogP contribution in [0.3, 0.4) is 0 Å². The first-order valence-electron chi connectivity index (χ1n) is 4.49. The lowest BCUT2D eigenvalue weighted by Gasteiger charge is -1.99. The van der Waals surface area contributed by atoms with Gasteiger partial charge in [0.25, 0.3) is 0 Å². The first-order valence-corrected chi connectivity index (χ1v) is 4.49. The van der Waals surface area contributed by atoms with Crippen molar-refractivity contribution in [3.05, 3.63) is 17.3 Å². The molecule has 1 rings (SSSR count). The molecule has 0 aliphatic rings. The van der Waals surface area contributed by atoms with Crippen LogP contribution in [0.2, 0.25) is 0 Å². The van der Waals surface area contributed by atoms with Gasteiger partial charge in [0.1, 0.15) is 5.76 Å². The summed E-state index contributed by atoms with van der Waals surface area (Å²) in [6.07, 6.45) is 0. The Morgan fingerprint density at radius 1 is 1.08 bits per heavy atom. The van der Waals surface area contributed by atoms with Gasteiger partial charge in [0.15, 0.2) is 5.89 Å². The number of hydrogen-bond donors (Lipinski definition) is 0. The molecular weight excluding hydrogens is 150 g/mol. The van der Waals surface area contributed by atoms with Gasteiger partial charge in [0.05, 0.1) is 5.69 Å². The van der Waals surface area contributed by atoms with E-state index in [-0.39, 0.29) is 0 Å². The Bertz CT molecular complexity index is 261. The van der Waals surface area contributed by atoms with Crippen LogP contribution in [0, 0.1) is 6.92 Å². The zero-order valence-electron chi connectivity index (χ0n) is 8.51. The summed E-state index contributed by atoms with van der Waals surface area (Å²) >= 11 is 0. The highest BCUT2D eigenvalue weighted by atomic mass is 16.4. The minimum absolute atomic E-state index is 0.385. The lowest BCUT2D eigenvalue weighted by Crippen LogP contribution is -1.86. The Balaban J connectivity index is 3.00. The van der Waals surface area contributed by atoms with Crippen LogP contribution in [0.1, 0.15) is 56.9 Å². The van der Waals surface area contributed by atoms with Crippen molar-refractivity contribution >= 4 is 0 Å². The van der Waals surface area contributed by atoms with Gasteiger partial charge in [-0.05, 0) is 6.92 Å². The van der Waals surface area contributed by atoms with Gasteiger partial charge in [-0.25, -0.2) is 4.98 Å². The summed E-state index contributed by atoms with van der Waals surface area (Å²) in [5.74, 6) is 2.70. The number of nitrogens with zero attached hydrogens (tertiary/aromatic N) is 1. The van der Waals surface area contributed by atoms with E-state index < -0.39 is 0 Å². The quantitative estimate of drug-likeness (QED) is 0.675. The van der Waals surface area contributed by atoms with Crippen molar-refractivity contribution in [1.29, 1.82) is 0 Å². The predicted molar refractivity (Wildman–Crippen MR) is 49.4 cm³/mol. The Kier molecular flexibility index (Phi) is 2.55. The second-order valence-electron chi connectivity index (χ2n) is 3.81. The van der Waals surface area contributed by atoms with Gasteiger partial charge in [0, 0.05) is 11.8 Å². The van der Waals surface area contributed by atoms with E-state index in [1.54, 1.807) is 0 Å². The van der Waals surface area contributed by atoms with Crippen LogP contribution in [0.5, 0.6) is 0 Å². The van der Waals surface area contributed by atoms with Crippen molar-refractivity contribution in [2.75, 3.05) is 0 Å². The lowest BCUT2D eigenvalue weighted by molar-refractivity contribution is 0.421. The Labute approximate surface area is 74.0 Å². The Morgan fingerprint density at radius 2 is 1.67 bits per heavy atom. The van der Waals surface area contributed by atoms with Gasteiger partial charge in [-0.15, -0.1) is 0 Å². The predicted octanol–water partition coefficient (Wildman–Crippen LogP) is 3.23. The largest absolute Gasteiger partial charge is 0.445 e. The molecule has 12 heavy (non-hydrogen) atoms. The topological polar surface area (TPSA) is 26.0 Å². The van der Waals surface area contributed by atoms with Crippen molar-refractivity contribution < 1.29 is 4.42 Å². The monoisotopic (exact) mass is 167 g/mol. The van der Waals surface area contributed by atoms with Gasteiger partial charge in [-0.3, -0.25) is 0 Å². The van der Waals surface area contributed by atoms with Crippen LogP contribution in [-0.2, 0) is 0 Å². The highest BCUT2D eigenvalue weighted by molar-refractivity contribution is 5.12. The fourth-order valence-electron chi connectivity index (χ4n) is 1.21. The molecule has 2 heteroatoms. The average Bonchev–Trinajstić information content (AvgIpc) is 2.30. The maximum absolute atomic E-state index is 5.63. The van der Waals surface area contributed by atoms with Crippen LogP contribution >= 0.6 is 0 Å². The van der Waals surface area contributed by atoms with Gasteiger partial charge < -0.3 is 4.42 Å². The molecule has 0 unspecified atom stereocenters. The highest BCUT2D eigenvalue weighted by Crippen LogP contribution is 2.23. The highest BCUT2D eigenvalue weighted by Gasteiger charge is 2.14. The van der Waals surface area contributed by atoms with Crippen molar-refractivity contribution in [3.63, 3.8) is 0 Å². The molecule has 0 aliphatic carbocycles. The summed E-state index contributed by atoms with van der Waals surface area (Å²) in [4.78, 5) is 4.36. The molecular formula is C10H17NO. The number of hydrogen-bond acceptors (Lipinski definition) is 2. The van der Waals surface area contributed by atoms with Gasteiger partial charge in [0.2, 0.25) is 0 Å². The molecule has 0 saturated carbocycles. The molecule has 0 fully saturated rings. The zero-order chi connectivity index (χ0) is 9.30. The minimum atomic E-state index is 0.385. The SMILES string of the molecule is Cc1nc(C(C)C)oc1C(C)C. The molecule has 0 aliphatic heterocycles. The smallest absolute Gasteiger partial charge is 0.197 e. The van der Waals surface area contributed by atoms with E-state index in [1.165, 1.54) is 0 Å². The number of aryl methyl sites for hydroxylation is 1. The molecule has 0 aromatic carbocycles. The van der Waals surface area contributed by atoms with E-state index in [1.807, 2.05) is 6.92 Å². The van der Waals surface area contributed by atoms with Gasteiger partial charge in [-0.2, -0.15) is 0 Å². The average molecular weight is 167 g/mol. The third-order valence-electron chi connectivity index (χ3n) is 1.87. The molecule has 0 N–H and O–H groups in total. The minimum Gasteiger partial charge on any atom is -0.445 e. The van der Waals surface area contributed by atoms with Crippen molar-refractivity contribution in [2.24, 2.45) is 0 Å². The molecule has 1 aromatic rings. The molecule has 0 bridgehead atoms. The molecule has 68 valence electrons. The first kappa shape index (κ1) is 9.30. The van der Waals surface area contributed by atoms with E-state index in [2.05, 4.69) is 32.7 Å². The zero-order valence-corrected chi connectivity index (χ0v) is 8.51. The summed E-state index contributed by atoms with van der Waals surface area (Å²) in [6, 6.07) is 0. The summed E-state index contributed by atoms with van der Waals surface area (Å²) in [5, 5.41) is 0. The summed E-state index contributed by atoms with van der Waals surface area (Å²) in [6.45, 7) is 10.4. The van der Waals surface area contributed by atoms with Crippen LogP contribution in [0.4, 0.5) is 0 Å². The van der Waals surface area contributed by atoms with E-state index in [4.69, 9.17) is 4.42 Å². The van der Waals surface area contributed by atoms with E-state index >= 15 is 0 Å². The maximum atomic E-state index is 5.63. The normalized spacial score (nSPS) is 11.6. The Hall–Kier alpha value is -0.790. The van der Waals surface area contributed by atoms with Crippen LogP contribution < -0.4 is 0 Å². The fraction of sp³-hybridized carbons (Fsp3) is 0.700. The summed E-state index contributed by atoms with van der Waals surface area (Å²) in [7, 11) is 0. The van der Waals surface area contributed by atoms with Gasteiger partial charge in [-0.1, -0.05) is 27.7 Å². The summed E-state index contributed by atoms with van der Waals surface area (Å²) < 4.78 is 5.63. The lowest BCUT2D eigenvalue weighted by atomic mass is 10.1. The van der Waals surface area contributed by atoms with Crippen molar-refractivity contribution in [2.45, 2.75) is 46.5 Å². The standard InChI is InChI=1S/C10H17NO/c1-6(2)9-8(5)11-10(12-9)7(3)4/h6-7H,1-5H3. The molecule has 2 nitrogen and oxygen atoms in total. The van der Waals surface area contributed by atoms with Crippen LogP contribution in [0.25, 0.3) is 0 Å². The van der Waals surface area contributed by atoms with Gasteiger partial charge >= 0.3 is 0 Å². The van der Waals surface area contributed by atoms with E-state index in [9.17, 15) is 0 Å². The van der Waals surface area contributed by atoms with E-state index in [0.29, 0.717) is 11.8 Å². The molecule has 0 atom stereocenters. The second kappa shape index (κ2) is 3.30. The summed E-state index contributed by atoms with van der Waals surface area (Å²) in [5.41, 5.74) is 1.04. The molecule has 0 saturated heterocycles. The molecule has 0 spiro atoms. The number of rotatable bonds is 2. The van der Waals surface area contributed by atoms with Crippen molar-refractivity contribution in [3.8, 4) is 0 Å². The molecule has 1 heterocycles. The number of aromatic nitrogens is 1. The second-order valence-corrected chi connectivity index (χ2v) is 3.81. The first-order chi connectivity index (χ1) is 5.52. The third kappa shape index (κ3) is 1.68. The van der Waals surface area contributed by atoms with Crippen LogP contribution in [0.15, 0.2) is 4.42 Å². The molecule has 1 aromatic heterocycles.